The van der Waals surface area contributed by atoms with Gasteiger partial charge in [0.15, 0.2) is 0 Å². The van der Waals surface area contributed by atoms with Crippen LogP contribution in [0.1, 0.15) is 32.1 Å². The van der Waals surface area contributed by atoms with Crippen molar-refractivity contribution in [2.24, 2.45) is 5.73 Å². The lowest BCUT2D eigenvalue weighted by Crippen LogP contribution is -2.37. The third-order valence-corrected chi connectivity index (χ3v) is 3.42. The van der Waals surface area contributed by atoms with Crippen LogP contribution >= 0.6 is 11.8 Å². The molecule has 0 aromatic carbocycles. The SMILES string of the molecule is C#CCCCCC(F)(SCCC(F)(F)F)C(N)=O. The van der Waals surface area contributed by atoms with E-state index in [-0.39, 0.29) is 6.42 Å². The smallest absolute Gasteiger partial charge is 0.366 e. The van der Waals surface area contributed by atoms with E-state index < -0.39 is 29.3 Å². The van der Waals surface area contributed by atoms with E-state index in [4.69, 9.17) is 12.2 Å². The van der Waals surface area contributed by atoms with Gasteiger partial charge in [-0.05, 0) is 12.8 Å². The molecule has 2 nitrogen and oxygen atoms in total. The van der Waals surface area contributed by atoms with E-state index in [9.17, 15) is 22.4 Å². The normalized spacial score (nSPS) is 14.8. The summed E-state index contributed by atoms with van der Waals surface area (Å²) in [6, 6.07) is 0. The van der Waals surface area contributed by atoms with Crippen LogP contribution in [-0.4, -0.2) is 22.8 Å². The Kier molecular flexibility index (Phi) is 7.14. The molecule has 0 aromatic heterocycles. The molecule has 0 aliphatic carbocycles. The highest BCUT2D eigenvalue weighted by molar-refractivity contribution is 8.01. The first-order chi connectivity index (χ1) is 8.21. The van der Waals surface area contributed by atoms with Gasteiger partial charge in [0.25, 0.3) is 5.91 Å². The molecule has 0 aliphatic rings. The molecule has 0 aliphatic heterocycles. The first-order valence-corrected chi connectivity index (χ1v) is 6.33. The van der Waals surface area contributed by atoms with Crippen LogP contribution in [0.5, 0.6) is 0 Å². The number of hydrogen-bond donors (Lipinski definition) is 1. The van der Waals surface area contributed by atoms with Crippen LogP contribution in [0.2, 0.25) is 0 Å². The van der Waals surface area contributed by atoms with Crippen molar-refractivity contribution in [2.75, 3.05) is 5.75 Å². The number of rotatable bonds is 8. The van der Waals surface area contributed by atoms with Crippen LogP contribution in [0.25, 0.3) is 0 Å². The predicted molar refractivity (Wildman–Crippen MR) is 63.5 cm³/mol. The van der Waals surface area contributed by atoms with Crippen molar-refractivity contribution in [3.05, 3.63) is 0 Å². The zero-order valence-corrected chi connectivity index (χ0v) is 10.5. The van der Waals surface area contributed by atoms with Gasteiger partial charge in [-0.2, -0.15) is 13.2 Å². The van der Waals surface area contributed by atoms with E-state index in [1.807, 2.05) is 0 Å². The lowest BCUT2D eigenvalue weighted by molar-refractivity contribution is -0.130. The van der Waals surface area contributed by atoms with Crippen molar-refractivity contribution in [1.29, 1.82) is 0 Å². The maximum Gasteiger partial charge on any atom is 0.389 e. The number of hydrogen-bond acceptors (Lipinski definition) is 2. The molecule has 0 heterocycles. The van der Waals surface area contributed by atoms with Crippen LogP contribution in [0, 0.1) is 12.3 Å². The van der Waals surface area contributed by atoms with Gasteiger partial charge >= 0.3 is 6.18 Å². The summed E-state index contributed by atoms with van der Waals surface area (Å²) in [5, 5.41) is -2.44. The quantitative estimate of drug-likeness (QED) is 0.423. The van der Waals surface area contributed by atoms with Gasteiger partial charge in [-0.1, -0.05) is 0 Å². The zero-order chi connectivity index (χ0) is 14.2. The molecule has 0 saturated heterocycles. The highest BCUT2D eigenvalue weighted by atomic mass is 32.2. The van der Waals surface area contributed by atoms with Gasteiger partial charge in [-0.3, -0.25) is 4.79 Å². The number of halogens is 4. The number of unbranched alkanes of at least 4 members (excludes halogenated alkanes) is 2. The third kappa shape index (κ3) is 7.43. The molecule has 1 atom stereocenters. The Hall–Kier alpha value is -0.900. The molecule has 0 spiro atoms. The Morgan fingerprint density at radius 3 is 2.28 bits per heavy atom. The molecule has 0 radical (unpaired) electrons. The Balaban J connectivity index is 4.19. The van der Waals surface area contributed by atoms with Crippen LogP contribution < -0.4 is 5.73 Å². The van der Waals surface area contributed by atoms with Gasteiger partial charge in [0.1, 0.15) is 0 Å². The number of nitrogens with two attached hydrogens (primary N) is 1. The van der Waals surface area contributed by atoms with Crippen LogP contribution in [0.15, 0.2) is 0 Å². The second-order valence-corrected chi connectivity index (χ2v) is 5.06. The number of carbonyl (C=O) groups is 1. The summed E-state index contributed by atoms with van der Waals surface area (Å²) >= 11 is 0.304. The molecular formula is C11H15F4NOS. The summed E-state index contributed by atoms with van der Waals surface area (Å²) in [6.45, 7) is 0. The summed E-state index contributed by atoms with van der Waals surface area (Å²) in [6.07, 6.45) is 0.517. The average molecular weight is 285 g/mol. The number of carbonyl (C=O) groups excluding carboxylic acids is 1. The van der Waals surface area contributed by atoms with Crippen molar-refractivity contribution >= 4 is 17.7 Å². The number of alkyl halides is 4. The van der Waals surface area contributed by atoms with Crippen LogP contribution in [0.4, 0.5) is 17.6 Å². The second kappa shape index (κ2) is 7.52. The molecule has 1 unspecified atom stereocenters. The molecule has 18 heavy (non-hydrogen) atoms. The Bertz CT molecular complexity index is 313. The zero-order valence-electron chi connectivity index (χ0n) is 9.73. The molecule has 0 fully saturated rings. The summed E-state index contributed by atoms with van der Waals surface area (Å²) < 4.78 is 49.7. The molecule has 0 bridgehead atoms. The van der Waals surface area contributed by atoms with Crippen LogP contribution in [-0.2, 0) is 4.79 Å². The minimum absolute atomic E-state index is 0.216. The standard InChI is InChI=1S/C11H15F4NOS/c1-2-3-4-5-6-10(12,9(16)17)18-8-7-11(13,14)15/h1H,3-8H2,(H2,16,17). The van der Waals surface area contributed by atoms with Crippen molar-refractivity contribution in [1.82, 2.24) is 0 Å². The Labute approximate surface area is 108 Å². The van der Waals surface area contributed by atoms with Gasteiger partial charge in [0.2, 0.25) is 5.00 Å². The van der Waals surface area contributed by atoms with E-state index in [0.29, 0.717) is 31.0 Å². The first-order valence-electron chi connectivity index (χ1n) is 5.34. The highest BCUT2D eigenvalue weighted by Crippen LogP contribution is 2.35. The summed E-state index contributed by atoms with van der Waals surface area (Å²) in [7, 11) is 0. The fraction of sp³-hybridized carbons (Fsp3) is 0.727. The van der Waals surface area contributed by atoms with E-state index >= 15 is 0 Å². The average Bonchev–Trinajstić information content (AvgIpc) is 2.22. The van der Waals surface area contributed by atoms with Gasteiger partial charge in [0, 0.05) is 18.6 Å². The summed E-state index contributed by atoms with van der Waals surface area (Å²) in [5.74, 6) is 0.582. The molecule has 1 amide bonds. The topological polar surface area (TPSA) is 43.1 Å². The van der Waals surface area contributed by atoms with Crippen molar-refractivity contribution in [3.63, 3.8) is 0 Å². The fourth-order valence-electron chi connectivity index (χ4n) is 1.17. The monoisotopic (exact) mass is 285 g/mol. The highest BCUT2D eigenvalue weighted by Gasteiger charge is 2.38. The molecule has 0 saturated carbocycles. The first kappa shape index (κ1) is 17.1. The molecule has 0 rings (SSSR count). The minimum Gasteiger partial charge on any atom is -0.366 e. The van der Waals surface area contributed by atoms with Gasteiger partial charge < -0.3 is 5.73 Å². The van der Waals surface area contributed by atoms with Crippen molar-refractivity contribution in [2.45, 2.75) is 43.3 Å². The summed E-state index contributed by atoms with van der Waals surface area (Å²) in [5.41, 5.74) is 4.88. The molecule has 104 valence electrons. The van der Waals surface area contributed by atoms with Gasteiger partial charge in [-0.15, -0.1) is 24.1 Å². The van der Waals surface area contributed by atoms with E-state index in [1.165, 1.54) is 0 Å². The van der Waals surface area contributed by atoms with Gasteiger partial charge in [0.05, 0.1) is 6.42 Å². The van der Waals surface area contributed by atoms with E-state index in [1.54, 1.807) is 0 Å². The molecule has 0 aromatic rings. The molecule has 7 heteroatoms. The number of terminal acetylenes is 1. The van der Waals surface area contributed by atoms with Crippen LogP contribution in [0.3, 0.4) is 0 Å². The molecular weight excluding hydrogens is 270 g/mol. The van der Waals surface area contributed by atoms with Crippen molar-refractivity contribution in [3.8, 4) is 12.3 Å². The predicted octanol–water partition coefficient (Wildman–Crippen LogP) is 3.02. The van der Waals surface area contributed by atoms with Crippen molar-refractivity contribution < 1.29 is 22.4 Å². The van der Waals surface area contributed by atoms with E-state index in [2.05, 4.69) is 5.92 Å². The Morgan fingerprint density at radius 2 is 1.83 bits per heavy atom. The molecule has 2 N–H and O–H groups in total. The maximum atomic E-state index is 14.0. The number of thioether (sulfide) groups is 1. The lowest BCUT2D eigenvalue weighted by atomic mass is 10.1. The second-order valence-electron chi connectivity index (χ2n) is 3.72. The number of amides is 1. The minimum atomic E-state index is -4.37. The van der Waals surface area contributed by atoms with E-state index in [0.717, 1.165) is 0 Å². The van der Waals surface area contributed by atoms with Gasteiger partial charge in [-0.25, -0.2) is 4.39 Å². The lowest BCUT2D eigenvalue weighted by Gasteiger charge is -2.21. The maximum absolute atomic E-state index is 14.0. The number of primary amides is 1. The Morgan fingerprint density at radius 1 is 1.22 bits per heavy atom. The fourth-order valence-corrected chi connectivity index (χ4v) is 2.26. The summed E-state index contributed by atoms with van der Waals surface area (Å²) in [4.78, 5) is 10.9. The largest absolute Gasteiger partial charge is 0.389 e. The third-order valence-electron chi connectivity index (χ3n) is 2.15.